The summed E-state index contributed by atoms with van der Waals surface area (Å²) in [5, 5.41) is 0. The van der Waals surface area contributed by atoms with Crippen LogP contribution in [-0.4, -0.2) is 28.9 Å². The van der Waals surface area contributed by atoms with Crippen LogP contribution in [0.3, 0.4) is 0 Å². The van der Waals surface area contributed by atoms with Gasteiger partial charge in [-0.1, -0.05) is 12.8 Å². The summed E-state index contributed by atoms with van der Waals surface area (Å²) in [5.74, 6) is 0.749. The van der Waals surface area contributed by atoms with Crippen LogP contribution < -0.4 is 0 Å². The second-order valence-corrected chi connectivity index (χ2v) is 5.12. The van der Waals surface area contributed by atoms with Gasteiger partial charge in [-0.3, -0.25) is 4.79 Å². The molecule has 1 saturated heterocycles. The molecule has 1 amide bonds. The molecule has 0 radical (unpaired) electrons. The Morgan fingerprint density at radius 3 is 2.68 bits per heavy atom. The molecule has 0 N–H and O–H groups in total. The normalized spacial score (nSPS) is 16.6. The molecule has 3 rings (SSSR count). The van der Waals surface area contributed by atoms with E-state index in [2.05, 4.69) is 4.98 Å². The maximum Gasteiger partial charge on any atom is 0.253 e. The number of hydrogen-bond acceptors (Lipinski definition) is 3. The van der Waals surface area contributed by atoms with E-state index in [4.69, 9.17) is 4.42 Å². The maximum atomic E-state index is 12.5. The monoisotopic (exact) mass is 258 g/mol. The van der Waals surface area contributed by atoms with Crippen LogP contribution in [0.15, 0.2) is 22.6 Å². The van der Waals surface area contributed by atoms with Gasteiger partial charge >= 0.3 is 0 Å². The molecular weight excluding hydrogens is 240 g/mol. The second kappa shape index (κ2) is 5.03. The first-order chi connectivity index (χ1) is 9.24. The number of nitrogens with zero attached hydrogens (tertiary/aromatic N) is 2. The van der Waals surface area contributed by atoms with Crippen molar-refractivity contribution in [3.63, 3.8) is 0 Å². The summed E-state index contributed by atoms with van der Waals surface area (Å²) in [6.45, 7) is 3.56. The van der Waals surface area contributed by atoms with Crippen molar-refractivity contribution in [2.45, 2.75) is 32.6 Å². The van der Waals surface area contributed by atoms with Gasteiger partial charge in [0.25, 0.3) is 5.91 Å². The van der Waals surface area contributed by atoms with E-state index in [1.54, 1.807) is 0 Å². The molecule has 19 heavy (non-hydrogen) atoms. The first kappa shape index (κ1) is 12.2. The average molecular weight is 258 g/mol. The standard InChI is InChI=1S/C15H18N2O2/c1-11-16-13-10-12(6-7-14(13)19-11)15(18)17-8-4-2-3-5-9-17/h6-7,10H,2-5,8-9H2,1H3. The highest BCUT2D eigenvalue weighted by Gasteiger charge is 2.18. The molecule has 0 saturated carbocycles. The van der Waals surface area contributed by atoms with Gasteiger partial charge in [0.05, 0.1) is 0 Å². The molecule has 2 aromatic rings. The number of aromatic nitrogens is 1. The van der Waals surface area contributed by atoms with Crippen LogP contribution >= 0.6 is 0 Å². The van der Waals surface area contributed by atoms with E-state index in [-0.39, 0.29) is 5.91 Å². The summed E-state index contributed by atoms with van der Waals surface area (Å²) in [5.41, 5.74) is 2.21. The molecule has 1 aromatic heterocycles. The minimum atomic E-state index is 0.115. The SMILES string of the molecule is Cc1nc2cc(C(=O)N3CCCCCC3)ccc2o1. The predicted molar refractivity (Wildman–Crippen MR) is 73.1 cm³/mol. The summed E-state index contributed by atoms with van der Waals surface area (Å²) in [7, 11) is 0. The third kappa shape index (κ3) is 2.48. The molecule has 2 heterocycles. The van der Waals surface area contributed by atoms with Crippen LogP contribution in [0.25, 0.3) is 11.1 Å². The topological polar surface area (TPSA) is 46.3 Å². The average Bonchev–Trinajstić information content (AvgIpc) is 2.63. The summed E-state index contributed by atoms with van der Waals surface area (Å²) in [6.07, 6.45) is 4.67. The van der Waals surface area contributed by atoms with Crippen molar-refractivity contribution in [3.05, 3.63) is 29.7 Å². The Balaban J connectivity index is 1.87. The first-order valence-corrected chi connectivity index (χ1v) is 6.90. The van der Waals surface area contributed by atoms with Crippen molar-refractivity contribution in [2.24, 2.45) is 0 Å². The van der Waals surface area contributed by atoms with E-state index in [1.165, 1.54) is 12.8 Å². The van der Waals surface area contributed by atoms with E-state index in [0.717, 1.165) is 37.0 Å². The lowest BCUT2D eigenvalue weighted by Gasteiger charge is -2.20. The maximum absolute atomic E-state index is 12.5. The molecule has 0 unspecified atom stereocenters. The van der Waals surface area contributed by atoms with Crippen molar-refractivity contribution in [1.29, 1.82) is 0 Å². The van der Waals surface area contributed by atoms with E-state index in [9.17, 15) is 4.79 Å². The molecule has 4 nitrogen and oxygen atoms in total. The minimum Gasteiger partial charge on any atom is -0.441 e. The third-order valence-corrected chi connectivity index (χ3v) is 3.63. The minimum absolute atomic E-state index is 0.115. The van der Waals surface area contributed by atoms with E-state index in [1.807, 2.05) is 30.0 Å². The van der Waals surface area contributed by atoms with Gasteiger partial charge in [0, 0.05) is 25.6 Å². The van der Waals surface area contributed by atoms with Crippen LogP contribution in [0, 0.1) is 6.92 Å². The van der Waals surface area contributed by atoms with Crippen molar-refractivity contribution in [1.82, 2.24) is 9.88 Å². The lowest BCUT2D eigenvalue weighted by Crippen LogP contribution is -2.31. The zero-order valence-corrected chi connectivity index (χ0v) is 11.2. The molecule has 1 aliphatic rings. The Labute approximate surface area is 112 Å². The third-order valence-electron chi connectivity index (χ3n) is 3.63. The van der Waals surface area contributed by atoms with E-state index < -0.39 is 0 Å². The number of amides is 1. The van der Waals surface area contributed by atoms with Crippen molar-refractivity contribution >= 4 is 17.0 Å². The summed E-state index contributed by atoms with van der Waals surface area (Å²) in [6, 6.07) is 5.50. The highest BCUT2D eigenvalue weighted by atomic mass is 16.3. The van der Waals surface area contributed by atoms with E-state index in [0.29, 0.717) is 11.5 Å². The van der Waals surface area contributed by atoms with Gasteiger partial charge in [-0.25, -0.2) is 4.98 Å². The molecule has 0 aliphatic carbocycles. The molecule has 0 atom stereocenters. The number of carbonyl (C=O) groups is 1. The number of hydrogen-bond donors (Lipinski definition) is 0. The number of fused-ring (bicyclic) bond motifs is 1. The van der Waals surface area contributed by atoms with Crippen LogP contribution in [0.4, 0.5) is 0 Å². The van der Waals surface area contributed by atoms with Gasteiger partial charge in [-0.15, -0.1) is 0 Å². The molecular formula is C15H18N2O2. The van der Waals surface area contributed by atoms with Crippen LogP contribution in [0.1, 0.15) is 41.9 Å². The Bertz CT molecular complexity index is 595. The Morgan fingerprint density at radius 2 is 1.95 bits per heavy atom. The smallest absolute Gasteiger partial charge is 0.253 e. The number of rotatable bonds is 1. The fraction of sp³-hybridized carbons (Fsp3) is 0.467. The number of oxazole rings is 1. The predicted octanol–water partition coefficient (Wildman–Crippen LogP) is 3.15. The van der Waals surface area contributed by atoms with Gasteiger partial charge in [0.1, 0.15) is 5.52 Å². The molecule has 4 heteroatoms. The summed E-state index contributed by atoms with van der Waals surface area (Å²) in [4.78, 5) is 18.7. The fourth-order valence-corrected chi connectivity index (χ4v) is 2.63. The first-order valence-electron chi connectivity index (χ1n) is 6.90. The van der Waals surface area contributed by atoms with Gasteiger partial charge in [-0.05, 0) is 31.0 Å². The Hall–Kier alpha value is -1.84. The number of aryl methyl sites for hydroxylation is 1. The van der Waals surface area contributed by atoms with Crippen molar-refractivity contribution in [2.75, 3.05) is 13.1 Å². The Kier molecular flexibility index (Phi) is 3.23. The molecule has 100 valence electrons. The van der Waals surface area contributed by atoms with Gasteiger partial charge in [0.15, 0.2) is 11.5 Å². The highest BCUT2D eigenvalue weighted by molar-refractivity contribution is 5.97. The molecule has 1 fully saturated rings. The fourth-order valence-electron chi connectivity index (χ4n) is 2.63. The molecule has 0 spiro atoms. The van der Waals surface area contributed by atoms with Gasteiger partial charge in [-0.2, -0.15) is 0 Å². The summed E-state index contributed by atoms with van der Waals surface area (Å²) < 4.78 is 5.43. The lowest BCUT2D eigenvalue weighted by atomic mass is 10.1. The van der Waals surface area contributed by atoms with Crippen LogP contribution in [0.5, 0.6) is 0 Å². The largest absolute Gasteiger partial charge is 0.441 e. The van der Waals surface area contributed by atoms with Crippen molar-refractivity contribution < 1.29 is 9.21 Å². The molecule has 0 bridgehead atoms. The molecule has 1 aliphatic heterocycles. The van der Waals surface area contributed by atoms with E-state index >= 15 is 0 Å². The highest BCUT2D eigenvalue weighted by Crippen LogP contribution is 2.19. The van der Waals surface area contributed by atoms with Gasteiger partial charge < -0.3 is 9.32 Å². The number of likely N-dealkylation sites (tertiary alicyclic amines) is 1. The quantitative estimate of drug-likeness (QED) is 0.789. The zero-order valence-electron chi connectivity index (χ0n) is 11.2. The van der Waals surface area contributed by atoms with Crippen LogP contribution in [0.2, 0.25) is 0 Å². The number of carbonyl (C=O) groups excluding carboxylic acids is 1. The van der Waals surface area contributed by atoms with Gasteiger partial charge in [0.2, 0.25) is 0 Å². The second-order valence-electron chi connectivity index (χ2n) is 5.12. The number of benzene rings is 1. The van der Waals surface area contributed by atoms with Crippen LogP contribution in [-0.2, 0) is 0 Å². The van der Waals surface area contributed by atoms with Crippen molar-refractivity contribution in [3.8, 4) is 0 Å². The Morgan fingerprint density at radius 1 is 1.21 bits per heavy atom. The lowest BCUT2D eigenvalue weighted by molar-refractivity contribution is 0.0762. The zero-order chi connectivity index (χ0) is 13.2. The summed E-state index contributed by atoms with van der Waals surface area (Å²) >= 11 is 0. The molecule has 1 aromatic carbocycles.